The Morgan fingerprint density at radius 1 is 1.07 bits per heavy atom. The fourth-order valence-corrected chi connectivity index (χ4v) is 3.28. The van der Waals surface area contributed by atoms with Gasteiger partial charge in [-0.1, -0.05) is 13.8 Å². The summed E-state index contributed by atoms with van der Waals surface area (Å²) in [5, 5.41) is 2.59. The Morgan fingerprint density at radius 3 is 2.18 bits per heavy atom. The number of carbonyl (C=O) groups excluding carboxylic acids is 3. The second-order valence-corrected chi connectivity index (χ2v) is 8.53. The number of likely N-dealkylation sites (tertiary alicyclic amines) is 1. The van der Waals surface area contributed by atoms with Gasteiger partial charge in [-0.15, -0.1) is 0 Å². The third kappa shape index (κ3) is 6.87. The van der Waals surface area contributed by atoms with E-state index in [-0.39, 0.29) is 12.5 Å². The molecular weight excluding hydrogens is 360 g/mol. The van der Waals surface area contributed by atoms with Gasteiger partial charge in [0.2, 0.25) is 0 Å². The van der Waals surface area contributed by atoms with Crippen LogP contribution in [-0.4, -0.2) is 48.2 Å². The van der Waals surface area contributed by atoms with Crippen LogP contribution in [0.1, 0.15) is 51.4 Å². The maximum Gasteiger partial charge on any atom is 0.412 e. The number of esters is 1. The van der Waals surface area contributed by atoms with Crippen molar-refractivity contribution >= 4 is 23.7 Å². The summed E-state index contributed by atoms with van der Waals surface area (Å²) in [5.74, 6) is 0.159. The zero-order valence-electron chi connectivity index (χ0n) is 17.3. The number of nitrogens with one attached hydrogen (secondary N) is 1. The quantitative estimate of drug-likeness (QED) is 0.793. The number of piperidine rings is 1. The Balaban J connectivity index is 1.84. The van der Waals surface area contributed by atoms with Crippen LogP contribution < -0.4 is 5.32 Å². The second kappa shape index (κ2) is 9.08. The van der Waals surface area contributed by atoms with Crippen molar-refractivity contribution in [1.29, 1.82) is 0 Å². The molecule has 1 aromatic rings. The van der Waals surface area contributed by atoms with E-state index in [4.69, 9.17) is 9.47 Å². The van der Waals surface area contributed by atoms with Crippen molar-refractivity contribution in [3.8, 4) is 0 Å². The molecule has 1 aromatic carbocycles. The van der Waals surface area contributed by atoms with E-state index in [1.807, 2.05) is 0 Å². The molecule has 1 aliphatic rings. The first-order valence-corrected chi connectivity index (χ1v) is 9.58. The number of nitrogens with zero attached hydrogens (tertiary/aromatic N) is 1. The lowest BCUT2D eigenvalue weighted by Gasteiger charge is -2.34. The lowest BCUT2D eigenvalue weighted by Crippen LogP contribution is -2.44. The molecule has 2 atom stereocenters. The first-order chi connectivity index (χ1) is 13.0. The van der Waals surface area contributed by atoms with Gasteiger partial charge in [-0.3, -0.25) is 10.1 Å². The van der Waals surface area contributed by atoms with Crippen LogP contribution in [0.3, 0.4) is 0 Å². The largest absolute Gasteiger partial charge is 0.452 e. The molecule has 0 saturated carbocycles. The lowest BCUT2D eigenvalue weighted by atomic mass is 9.92. The molecule has 1 fully saturated rings. The van der Waals surface area contributed by atoms with Gasteiger partial charge in [0.1, 0.15) is 5.60 Å². The van der Waals surface area contributed by atoms with E-state index in [2.05, 4.69) is 19.2 Å². The number of hydrogen-bond donors (Lipinski definition) is 1. The normalized spacial score (nSPS) is 19.7. The van der Waals surface area contributed by atoms with Crippen LogP contribution in [0, 0.1) is 11.8 Å². The van der Waals surface area contributed by atoms with Crippen LogP contribution in [0.2, 0.25) is 0 Å². The molecule has 154 valence electrons. The highest BCUT2D eigenvalue weighted by Gasteiger charge is 2.26. The fraction of sp³-hybridized carbons (Fsp3) is 0.571. The fourth-order valence-electron chi connectivity index (χ4n) is 3.28. The first-order valence-electron chi connectivity index (χ1n) is 9.58. The Hall–Kier alpha value is -2.57. The van der Waals surface area contributed by atoms with Crippen LogP contribution in [-0.2, 0) is 14.3 Å². The van der Waals surface area contributed by atoms with Crippen molar-refractivity contribution in [3.05, 3.63) is 29.8 Å². The molecule has 0 aromatic heterocycles. The standard InChI is InChI=1S/C21H30N2O5/c1-14-10-15(2)12-23(11-14)18(24)13-27-19(25)16-6-8-17(9-7-16)22-20(26)28-21(3,4)5/h6-9,14-15H,10-13H2,1-5H3,(H,22,26)/t14-,15-/m1/s1. The summed E-state index contributed by atoms with van der Waals surface area (Å²) in [6.07, 6.45) is 0.533. The monoisotopic (exact) mass is 390 g/mol. The smallest absolute Gasteiger partial charge is 0.412 e. The number of amides is 2. The van der Waals surface area contributed by atoms with Gasteiger partial charge in [-0.05, 0) is 63.3 Å². The van der Waals surface area contributed by atoms with Crippen LogP contribution >= 0.6 is 0 Å². The summed E-state index contributed by atoms with van der Waals surface area (Å²) < 4.78 is 10.3. The lowest BCUT2D eigenvalue weighted by molar-refractivity contribution is -0.137. The topological polar surface area (TPSA) is 84.9 Å². The number of ether oxygens (including phenoxy) is 2. The van der Waals surface area contributed by atoms with E-state index in [1.54, 1.807) is 37.8 Å². The molecule has 1 heterocycles. The van der Waals surface area contributed by atoms with E-state index in [0.29, 0.717) is 36.2 Å². The van der Waals surface area contributed by atoms with Crippen LogP contribution in [0.5, 0.6) is 0 Å². The highest BCUT2D eigenvalue weighted by Crippen LogP contribution is 2.21. The highest BCUT2D eigenvalue weighted by molar-refractivity contribution is 5.92. The summed E-state index contributed by atoms with van der Waals surface area (Å²) >= 11 is 0. The van der Waals surface area contributed by atoms with E-state index in [9.17, 15) is 14.4 Å². The van der Waals surface area contributed by atoms with Gasteiger partial charge >= 0.3 is 12.1 Å². The number of hydrogen-bond acceptors (Lipinski definition) is 5. The van der Waals surface area contributed by atoms with Crippen molar-refractivity contribution in [2.75, 3.05) is 25.0 Å². The molecule has 1 saturated heterocycles. The maximum absolute atomic E-state index is 12.3. The van der Waals surface area contributed by atoms with E-state index in [1.165, 1.54) is 12.1 Å². The molecule has 2 rings (SSSR count). The molecular formula is C21H30N2O5. The maximum atomic E-state index is 12.3. The number of anilines is 1. The molecule has 0 spiro atoms. The Morgan fingerprint density at radius 2 is 1.64 bits per heavy atom. The summed E-state index contributed by atoms with van der Waals surface area (Å²) in [7, 11) is 0. The molecule has 1 N–H and O–H groups in total. The minimum absolute atomic E-state index is 0.171. The first kappa shape index (κ1) is 21.7. The van der Waals surface area contributed by atoms with Crippen LogP contribution in [0.4, 0.5) is 10.5 Å². The molecule has 0 unspecified atom stereocenters. The number of rotatable bonds is 4. The van der Waals surface area contributed by atoms with Gasteiger partial charge in [0.25, 0.3) is 5.91 Å². The average Bonchev–Trinajstić information content (AvgIpc) is 2.57. The predicted molar refractivity (Wildman–Crippen MR) is 106 cm³/mol. The van der Waals surface area contributed by atoms with Gasteiger partial charge in [-0.25, -0.2) is 9.59 Å². The zero-order valence-corrected chi connectivity index (χ0v) is 17.3. The van der Waals surface area contributed by atoms with Crippen molar-refractivity contribution in [2.24, 2.45) is 11.8 Å². The summed E-state index contributed by atoms with van der Waals surface area (Å²) in [4.78, 5) is 38.0. The van der Waals surface area contributed by atoms with Crippen LogP contribution in [0.15, 0.2) is 24.3 Å². The second-order valence-electron chi connectivity index (χ2n) is 8.53. The van der Waals surface area contributed by atoms with E-state index in [0.717, 1.165) is 6.42 Å². The average molecular weight is 390 g/mol. The molecule has 1 aliphatic heterocycles. The molecule has 0 radical (unpaired) electrons. The summed E-state index contributed by atoms with van der Waals surface area (Å²) in [5.41, 5.74) is 0.214. The minimum Gasteiger partial charge on any atom is -0.452 e. The van der Waals surface area contributed by atoms with Crippen molar-refractivity contribution < 1.29 is 23.9 Å². The molecule has 0 bridgehead atoms. The number of benzene rings is 1. The van der Waals surface area contributed by atoms with Crippen molar-refractivity contribution in [1.82, 2.24) is 4.90 Å². The van der Waals surface area contributed by atoms with Gasteiger partial charge in [0.05, 0.1) is 5.56 Å². The Bertz CT molecular complexity index is 699. The molecule has 7 heteroatoms. The molecule has 0 aliphatic carbocycles. The highest BCUT2D eigenvalue weighted by atomic mass is 16.6. The van der Waals surface area contributed by atoms with Crippen LogP contribution in [0.25, 0.3) is 0 Å². The van der Waals surface area contributed by atoms with Crippen molar-refractivity contribution in [3.63, 3.8) is 0 Å². The van der Waals surface area contributed by atoms with Crippen molar-refractivity contribution in [2.45, 2.75) is 46.6 Å². The number of carbonyl (C=O) groups is 3. The zero-order chi connectivity index (χ0) is 20.9. The van der Waals surface area contributed by atoms with Gasteiger partial charge in [0, 0.05) is 18.8 Å². The van der Waals surface area contributed by atoms with Gasteiger partial charge in [-0.2, -0.15) is 0 Å². The summed E-state index contributed by atoms with van der Waals surface area (Å²) in [6, 6.07) is 6.22. The van der Waals surface area contributed by atoms with E-state index >= 15 is 0 Å². The molecule has 7 nitrogen and oxygen atoms in total. The molecule has 2 amide bonds. The molecule has 28 heavy (non-hydrogen) atoms. The third-order valence-corrected chi connectivity index (χ3v) is 4.31. The summed E-state index contributed by atoms with van der Waals surface area (Å²) in [6.45, 7) is 10.7. The van der Waals surface area contributed by atoms with Gasteiger partial charge < -0.3 is 14.4 Å². The Kier molecular flexibility index (Phi) is 7.05. The Labute approximate surface area is 166 Å². The SMILES string of the molecule is C[C@@H]1C[C@@H](C)CN(C(=O)COC(=O)c2ccc(NC(=O)OC(C)(C)C)cc2)C1. The third-order valence-electron chi connectivity index (χ3n) is 4.31. The van der Waals surface area contributed by atoms with E-state index < -0.39 is 17.7 Å². The minimum atomic E-state index is -0.593. The van der Waals surface area contributed by atoms with Gasteiger partial charge in [0.15, 0.2) is 6.61 Å². The predicted octanol–water partition coefficient (Wildman–Crippen LogP) is 3.69.